The highest BCUT2D eigenvalue weighted by Gasteiger charge is 2.48. The molecular weight excluding hydrogens is 430 g/mol. The molecule has 1 aliphatic heterocycles. The van der Waals surface area contributed by atoms with Gasteiger partial charge in [-0.05, 0) is 36.4 Å². The molecule has 1 amide bonds. The number of carbonyl (C=O) groups excluding carboxylic acids is 2. The Kier molecular flexibility index (Phi) is 5.11. The highest BCUT2D eigenvalue weighted by atomic mass is 16.5. The lowest BCUT2D eigenvalue weighted by atomic mass is 9.94. The largest absolute Gasteiger partial charge is 0.507 e. The van der Waals surface area contributed by atoms with Gasteiger partial charge in [-0.2, -0.15) is 5.26 Å². The second kappa shape index (κ2) is 8.26. The average Bonchev–Trinajstić information content (AvgIpc) is 3.42. The molecule has 0 aliphatic carbocycles. The van der Waals surface area contributed by atoms with Crippen molar-refractivity contribution in [1.82, 2.24) is 4.98 Å². The van der Waals surface area contributed by atoms with Crippen molar-refractivity contribution in [2.45, 2.75) is 6.04 Å². The predicted molar refractivity (Wildman–Crippen MR) is 127 cm³/mol. The Morgan fingerprint density at radius 3 is 2.47 bits per heavy atom. The number of methoxy groups -OCH3 is 1. The van der Waals surface area contributed by atoms with Crippen LogP contribution < -0.4 is 9.64 Å². The van der Waals surface area contributed by atoms with Crippen molar-refractivity contribution in [3.05, 3.63) is 101 Å². The summed E-state index contributed by atoms with van der Waals surface area (Å²) < 4.78 is 5.54. The van der Waals surface area contributed by atoms with Crippen LogP contribution in [0.3, 0.4) is 0 Å². The van der Waals surface area contributed by atoms with Gasteiger partial charge in [0.25, 0.3) is 11.7 Å². The molecule has 5 rings (SSSR count). The molecule has 0 spiro atoms. The van der Waals surface area contributed by atoms with Crippen molar-refractivity contribution in [3.8, 4) is 11.8 Å². The average molecular weight is 449 g/mol. The number of fused-ring (bicyclic) bond motifs is 1. The standard InChI is InChI=1S/C27H19N3O4/c1-34-22-9-5-3-7-19(22)24-23(25(31)20-15-29-21-8-4-2-6-18(20)21)26(32)27(33)30(24)17-12-10-16(14-28)11-13-17/h2-13,15,24,29,31H,1H3/b25-23+. The minimum atomic E-state index is -0.933. The van der Waals surface area contributed by atoms with Gasteiger partial charge in [0.2, 0.25) is 0 Å². The van der Waals surface area contributed by atoms with Crippen LogP contribution >= 0.6 is 0 Å². The number of nitrogens with one attached hydrogen (secondary N) is 1. The van der Waals surface area contributed by atoms with Gasteiger partial charge >= 0.3 is 0 Å². The van der Waals surface area contributed by atoms with Gasteiger partial charge < -0.3 is 14.8 Å². The number of para-hydroxylation sites is 2. The van der Waals surface area contributed by atoms with Gasteiger partial charge in [-0.3, -0.25) is 14.5 Å². The summed E-state index contributed by atoms with van der Waals surface area (Å²) in [5.74, 6) is -1.38. The molecule has 0 saturated carbocycles. The first-order valence-corrected chi connectivity index (χ1v) is 10.6. The van der Waals surface area contributed by atoms with Crippen molar-refractivity contribution < 1.29 is 19.4 Å². The van der Waals surface area contributed by atoms with Crippen LogP contribution in [0.15, 0.2) is 84.6 Å². The van der Waals surface area contributed by atoms with Crippen LogP contribution in [0.25, 0.3) is 16.7 Å². The molecule has 3 aromatic carbocycles. The van der Waals surface area contributed by atoms with E-state index in [2.05, 4.69) is 4.98 Å². The molecule has 2 N–H and O–H groups in total. The number of aliphatic hydroxyl groups is 1. The lowest BCUT2D eigenvalue weighted by Crippen LogP contribution is -2.29. The topological polar surface area (TPSA) is 106 Å². The molecular formula is C27H19N3O4. The van der Waals surface area contributed by atoms with Crippen molar-refractivity contribution in [1.29, 1.82) is 5.26 Å². The number of aliphatic hydroxyl groups excluding tert-OH is 1. The number of Topliss-reactive ketones (excluding diaryl/α,β-unsaturated/α-hetero) is 1. The van der Waals surface area contributed by atoms with Crippen molar-refractivity contribution in [3.63, 3.8) is 0 Å². The number of amides is 1. The van der Waals surface area contributed by atoms with Gasteiger partial charge in [0, 0.05) is 33.9 Å². The molecule has 34 heavy (non-hydrogen) atoms. The Bertz CT molecular complexity index is 1510. The maximum absolute atomic E-state index is 13.4. The van der Waals surface area contributed by atoms with Crippen LogP contribution in [0, 0.1) is 11.3 Å². The van der Waals surface area contributed by atoms with Crippen molar-refractivity contribution in [2.75, 3.05) is 12.0 Å². The molecule has 4 aromatic rings. The summed E-state index contributed by atoms with van der Waals surface area (Å²) in [6.07, 6.45) is 1.62. The third-order valence-electron chi connectivity index (χ3n) is 6.00. The van der Waals surface area contributed by atoms with E-state index in [-0.39, 0.29) is 11.3 Å². The third kappa shape index (κ3) is 3.21. The molecule has 0 bridgehead atoms. The number of ether oxygens (including phenoxy) is 1. The van der Waals surface area contributed by atoms with Crippen molar-refractivity contribution >= 4 is 34.0 Å². The highest BCUT2D eigenvalue weighted by Crippen LogP contribution is 2.45. The molecule has 1 unspecified atom stereocenters. The first kappa shape index (κ1) is 21.0. The molecule has 1 aliphatic rings. The number of rotatable bonds is 4. The third-order valence-corrected chi connectivity index (χ3v) is 6.00. The van der Waals surface area contributed by atoms with Gasteiger partial charge in [-0.25, -0.2) is 0 Å². The van der Waals surface area contributed by atoms with Crippen LogP contribution in [-0.4, -0.2) is 28.9 Å². The number of carbonyl (C=O) groups is 2. The number of anilines is 1. The lowest BCUT2D eigenvalue weighted by molar-refractivity contribution is -0.132. The number of hydrogen-bond acceptors (Lipinski definition) is 5. The monoisotopic (exact) mass is 449 g/mol. The summed E-state index contributed by atoms with van der Waals surface area (Å²) in [4.78, 5) is 31.1. The molecule has 1 atom stereocenters. The fraction of sp³-hybridized carbons (Fsp3) is 0.0741. The Labute approximate surface area is 195 Å². The van der Waals surface area contributed by atoms with Gasteiger partial charge in [0.05, 0.1) is 30.4 Å². The van der Waals surface area contributed by atoms with E-state index in [1.807, 2.05) is 30.3 Å². The van der Waals surface area contributed by atoms with E-state index in [0.29, 0.717) is 28.1 Å². The Morgan fingerprint density at radius 1 is 1.03 bits per heavy atom. The minimum Gasteiger partial charge on any atom is -0.507 e. The van der Waals surface area contributed by atoms with Gasteiger partial charge in [-0.1, -0.05) is 36.4 Å². The van der Waals surface area contributed by atoms with Gasteiger partial charge in [-0.15, -0.1) is 0 Å². The van der Waals surface area contributed by atoms with Crippen LogP contribution in [0.5, 0.6) is 5.75 Å². The molecule has 166 valence electrons. The lowest BCUT2D eigenvalue weighted by Gasteiger charge is -2.26. The SMILES string of the molecule is COc1ccccc1C1/C(=C(\O)c2c[nH]c3ccccc23)C(=O)C(=O)N1c1ccc(C#N)cc1. The van der Waals surface area contributed by atoms with E-state index >= 15 is 0 Å². The number of aromatic nitrogens is 1. The Morgan fingerprint density at radius 2 is 1.74 bits per heavy atom. The van der Waals surface area contributed by atoms with E-state index < -0.39 is 17.7 Å². The van der Waals surface area contributed by atoms with Gasteiger partial charge in [0.15, 0.2) is 0 Å². The maximum Gasteiger partial charge on any atom is 0.300 e. The number of benzene rings is 3. The fourth-order valence-corrected chi connectivity index (χ4v) is 4.39. The van der Waals surface area contributed by atoms with E-state index in [1.165, 1.54) is 12.0 Å². The minimum absolute atomic E-state index is 0.0383. The highest BCUT2D eigenvalue weighted by molar-refractivity contribution is 6.51. The quantitative estimate of drug-likeness (QED) is 0.267. The van der Waals surface area contributed by atoms with E-state index in [1.54, 1.807) is 54.7 Å². The number of H-pyrrole nitrogens is 1. The normalized spacial score (nSPS) is 17.2. The first-order valence-electron chi connectivity index (χ1n) is 10.6. The summed E-state index contributed by atoms with van der Waals surface area (Å²) in [5.41, 5.74) is 2.58. The first-order chi connectivity index (χ1) is 16.5. The number of hydrogen-bond donors (Lipinski definition) is 2. The number of nitrogens with zero attached hydrogens (tertiary/aromatic N) is 2. The predicted octanol–water partition coefficient (Wildman–Crippen LogP) is 4.67. The van der Waals surface area contributed by atoms with Crippen LogP contribution in [0.4, 0.5) is 5.69 Å². The second-order valence-electron chi connectivity index (χ2n) is 7.82. The smallest absolute Gasteiger partial charge is 0.300 e. The molecule has 7 heteroatoms. The van der Waals surface area contributed by atoms with Crippen LogP contribution in [0.1, 0.15) is 22.7 Å². The summed E-state index contributed by atoms with van der Waals surface area (Å²) >= 11 is 0. The number of ketones is 1. The van der Waals surface area contributed by atoms with E-state index in [4.69, 9.17) is 10.00 Å². The van der Waals surface area contributed by atoms with E-state index in [0.717, 1.165) is 10.9 Å². The molecule has 7 nitrogen and oxygen atoms in total. The summed E-state index contributed by atoms with van der Waals surface area (Å²) in [6.45, 7) is 0. The molecule has 0 radical (unpaired) electrons. The number of nitriles is 1. The summed E-state index contributed by atoms with van der Waals surface area (Å²) in [7, 11) is 1.51. The van der Waals surface area contributed by atoms with E-state index in [9.17, 15) is 14.7 Å². The van der Waals surface area contributed by atoms with Crippen molar-refractivity contribution in [2.24, 2.45) is 0 Å². The molecule has 1 aromatic heterocycles. The zero-order valence-corrected chi connectivity index (χ0v) is 18.1. The second-order valence-corrected chi connectivity index (χ2v) is 7.82. The maximum atomic E-state index is 13.4. The van der Waals surface area contributed by atoms with Crippen LogP contribution in [0.2, 0.25) is 0 Å². The summed E-state index contributed by atoms with van der Waals surface area (Å²) in [5, 5.41) is 21.3. The zero-order chi connectivity index (χ0) is 23.8. The molecule has 1 saturated heterocycles. The summed E-state index contributed by atoms with van der Waals surface area (Å²) in [6, 6.07) is 21.9. The Hall–Kier alpha value is -4.83. The Balaban J connectivity index is 1.77. The van der Waals surface area contributed by atoms with Crippen LogP contribution in [-0.2, 0) is 9.59 Å². The molecule has 1 fully saturated rings. The van der Waals surface area contributed by atoms with Gasteiger partial charge in [0.1, 0.15) is 11.5 Å². The molecule has 2 heterocycles. The number of aromatic amines is 1. The fourth-order valence-electron chi connectivity index (χ4n) is 4.39. The zero-order valence-electron chi connectivity index (χ0n) is 18.1.